The number of piperidine rings is 1. The Labute approximate surface area is 165 Å². The number of aromatic nitrogens is 1. The lowest BCUT2D eigenvalue weighted by Crippen LogP contribution is -2.60. The summed E-state index contributed by atoms with van der Waals surface area (Å²) in [6.45, 7) is 4.27. The quantitative estimate of drug-likeness (QED) is 0.698. The number of carbonyl (C=O) groups excluding carboxylic acids is 1. The second kappa shape index (κ2) is 6.78. The van der Waals surface area contributed by atoms with E-state index in [2.05, 4.69) is 58.4 Å². The van der Waals surface area contributed by atoms with Gasteiger partial charge in [0.05, 0.1) is 12.5 Å². The third-order valence-electron chi connectivity index (χ3n) is 6.54. The van der Waals surface area contributed by atoms with E-state index in [1.165, 1.54) is 22.2 Å². The number of aromatic amines is 1. The number of benzene rings is 2. The Balaban J connectivity index is 1.82. The lowest BCUT2D eigenvalue weighted by molar-refractivity contribution is -0.157. The summed E-state index contributed by atoms with van der Waals surface area (Å²) in [5, 5.41) is 1.28. The second-order valence-corrected chi connectivity index (χ2v) is 7.84. The molecule has 2 atom stereocenters. The van der Waals surface area contributed by atoms with Gasteiger partial charge in [-0.15, -0.1) is 0 Å². The van der Waals surface area contributed by atoms with E-state index >= 15 is 0 Å². The van der Waals surface area contributed by atoms with Gasteiger partial charge in [-0.3, -0.25) is 9.69 Å². The number of para-hydroxylation sites is 1. The van der Waals surface area contributed by atoms with Gasteiger partial charge < -0.3 is 9.72 Å². The molecule has 1 aromatic heterocycles. The van der Waals surface area contributed by atoms with Crippen LogP contribution in [0.2, 0.25) is 0 Å². The van der Waals surface area contributed by atoms with Gasteiger partial charge in [-0.1, -0.05) is 48.5 Å². The molecule has 1 fully saturated rings. The first-order valence-corrected chi connectivity index (χ1v) is 10.3. The van der Waals surface area contributed by atoms with Crippen molar-refractivity contribution in [1.82, 2.24) is 9.88 Å². The Morgan fingerprint density at radius 3 is 2.75 bits per heavy atom. The fourth-order valence-electron chi connectivity index (χ4n) is 5.50. The number of hydrogen-bond donors (Lipinski definition) is 1. The molecule has 5 rings (SSSR count). The fraction of sp³-hybridized carbons (Fsp3) is 0.375. The summed E-state index contributed by atoms with van der Waals surface area (Å²) in [5.41, 5.74) is 4.38. The Bertz CT molecular complexity index is 1010. The highest BCUT2D eigenvalue weighted by atomic mass is 16.5. The number of carbonyl (C=O) groups is 1. The molecule has 2 unspecified atom stereocenters. The van der Waals surface area contributed by atoms with Crippen LogP contribution in [-0.2, 0) is 21.5 Å². The highest BCUT2D eigenvalue weighted by molar-refractivity contribution is 5.87. The van der Waals surface area contributed by atoms with E-state index in [-0.39, 0.29) is 11.9 Å². The van der Waals surface area contributed by atoms with Gasteiger partial charge >= 0.3 is 5.97 Å². The predicted octanol–water partition coefficient (Wildman–Crippen LogP) is 4.24. The van der Waals surface area contributed by atoms with Gasteiger partial charge in [0.1, 0.15) is 5.54 Å². The molecular weight excluding hydrogens is 348 g/mol. The summed E-state index contributed by atoms with van der Waals surface area (Å²) in [4.78, 5) is 19.4. The molecule has 0 saturated carbocycles. The molecule has 2 aliphatic rings. The molecule has 1 N–H and O–H groups in total. The molecule has 144 valence electrons. The van der Waals surface area contributed by atoms with E-state index in [0.29, 0.717) is 6.61 Å². The van der Waals surface area contributed by atoms with Gasteiger partial charge in [0.2, 0.25) is 0 Å². The van der Waals surface area contributed by atoms with Crippen molar-refractivity contribution in [2.45, 2.75) is 31.7 Å². The van der Waals surface area contributed by atoms with Crippen molar-refractivity contribution in [3.8, 4) is 0 Å². The van der Waals surface area contributed by atoms with Gasteiger partial charge in [-0.25, -0.2) is 0 Å². The van der Waals surface area contributed by atoms with Crippen molar-refractivity contribution in [2.24, 2.45) is 5.92 Å². The summed E-state index contributed by atoms with van der Waals surface area (Å²) in [6, 6.07) is 19.0. The number of rotatable bonds is 3. The number of nitrogens with one attached hydrogen (secondary N) is 1. The van der Waals surface area contributed by atoms with Crippen LogP contribution in [0.4, 0.5) is 0 Å². The summed E-state index contributed by atoms with van der Waals surface area (Å²) >= 11 is 0. The molecule has 3 heterocycles. The number of fused-ring (bicyclic) bond motifs is 5. The average Bonchev–Trinajstić information content (AvgIpc) is 3.13. The van der Waals surface area contributed by atoms with Crippen LogP contribution in [0.1, 0.15) is 36.6 Å². The minimum absolute atomic E-state index is 0.0810. The molecule has 0 radical (unpaired) electrons. The summed E-state index contributed by atoms with van der Waals surface area (Å²) in [6.07, 6.45) is 2.87. The molecule has 4 nitrogen and oxygen atoms in total. The zero-order valence-corrected chi connectivity index (χ0v) is 16.3. The zero-order chi connectivity index (χ0) is 19.1. The van der Waals surface area contributed by atoms with E-state index in [4.69, 9.17) is 4.74 Å². The number of hydrogen-bond acceptors (Lipinski definition) is 3. The maximum Gasteiger partial charge on any atom is 0.311 e. The maximum atomic E-state index is 13.2. The second-order valence-electron chi connectivity index (χ2n) is 7.84. The third-order valence-corrected chi connectivity index (χ3v) is 6.54. The normalized spacial score (nSPS) is 24.5. The molecule has 28 heavy (non-hydrogen) atoms. The molecule has 4 heteroatoms. The highest BCUT2D eigenvalue weighted by Crippen LogP contribution is 2.51. The first-order valence-electron chi connectivity index (χ1n) is 10.3. The Hall–Kier alpha value is -2.59. The van der Waals surface area contributed by atoms with Crippen LogP contribution in [0.15, 0.2) is 54.6 Å². The molecular formula is C24H26N2O2. The van der Waals surface area contributed by atoms with E-state index in [1.807, 2.05) is 13.0 Å². The first kappa shape index (κ1) is 17.5. The lowest BCUT2D eigenvalue weighted by atomic mass is 9.67. The monoisotopic (exact) mass is 374 g/mol. The largest absolute Gasteiger partial charge is 0.466 e. The van der Waals surface area contributed by atoms with E-state index < -0.39 is 5.54 Å². The number of nitrogens with zero attached hydrogens (tertiary/aromatic N) is 1. The average molecular weight is 374 g/mol. The van der Waals surface area contributed by atoms with Gasteiger partial charge in [0.25, 0.3) is 0 Å². The summed E-state index contributed by atoms with van der Waals surface area (Å²) < 4.78 is 5.59. The first-order chi connectivity index (χ1) is 13.8. The predicted molar refractivity (Wildman–Crippen MR) is 110 cm³/mol. The van der Waals surface area contributed by atoms with Crippen molar-refractivity contribution in [1.29, 1.82) is 0 Å². The highest BCUT2D eigenvalue weighted by Gasteiger charge is 2.56. The Kier molecular flexibility index (Phi) is 4.24. The molecule has 0 bridgehead atoms. The van der Waals surface area contributed by atoms with Crippen molar-refractivity contribution < 1.29 is 9.53 Å². The van der Waals surface area contributed by atoms with E-state index in [9.17, 15) is 4.79 Å². The Morgan fingerprint density at radius 2 is 1.93 bits per heavy atom. The van der Waals surface area contributed by atoms with Crippen LogP contribution in [0.25, 0.3) is 10.9 Å². The van der Waals surface area contributed by atoms with Crippen LogP contribution < -0.4 is 0 Å². The number of ether oxygens (including phenoxy) is 1. The van der Waals surface area contributed by atoms with Gasteiger partial charge in [-0.05, 0) is 49.9 Å². The molecule has 0 spiro atoms. The Morgan fingerprint density at radius 1 is 1.14 bits per heavy atom. The minimum atomic E-state index is -0.488. The molecule has 3 aromatic rings. The number of H-pyrrole nitrogens is 1. The van der Waals surface area contributed by atoms with Crippen LogP contribution in [0.5, 0.6) is 0 Å². The smallest absolute Gasteiger partial charge is 0.311 e. The van der Waals surface area contributed by atoms with Crippen molar-refractivity contribution in [3.05, 3.63) is 71.4 Å². The van der Waals surface area contributed by atoms with Crippen molar-refractivity contribution >= 4 is 16.9 Å². The van der Waals surface area contributed by atoms with Crippen molar-refractivity contribution in [3.63, 3.8) is 0 Å². The standard InChI is InChI=1S/C24H26N2O2/c1-2-28-23(27)20-12-8-15-26-16-14-19-18-11-6-7-13-21(18)25-22(19)24(20,26)17-9-4-3-5-10-17/h3-7,9-11,13,20,25H,2,8,12,14-16H2,1H3. The van der Waals surface area contributed by atoms with E-state index in [0.717, 1.165) is 37.9 Å². The fourth-order valence-corrected chi connectivity index (χ4v) is 5.50. The molecule has 2 aliphatic heterocycles. The summed E-state index contributed by atoms with van der Waals surface area (Å²) in [7, 11) is 0. The lowest BCUT2D eigenvalue weighted by Gasteiger charge is -2.53. The molecule has 2 aromatic carbocycles. The summed E-state index contributed by atoms with van der Waals surface area (Å²) in [5.74, 6) is -0.293. The van der Waals surface area contributed by atoms with Crippen molar-refractivity contribution in [2.75, 3.05) is 19.7 Å². The van der Waals surface area contributed by atoms with Gasteiger partial charge in [-0.2, -0.15) is 0 Å². The number of esters is 1. The third kappa shape index (κ3) is 2.37. The minimum Gasteiger partial charge on any atom is -0.466 e. The topological polar surface area (TPSA) is 45.3 Å². The van der Waals surface area contributed by atoms with Gasteiger partial charge in [0.15, 0.2) is 0 Å². The van der Waals surface area contributed by atoms with Crippen LogP contribution in [0.3, 0.4) is 0 Å². The molecule has 0 amide bonds. The zero-order valence-electron chi connectivity index (χ0n) is 16.3. The maximum absolute atomic E-state index is 13.2. The van der Waals surface area contributed by atoms with Crippen LogP contribution in [-0.4, -0.2) is 35.5 Å². The molecule has 0 aliphatic carbocycles. The SMILES string of the molecule is CCOC(=O)C1CCCN2CCc3c([nH]c4ccccc34)C12c1ccccc1. The van der Waals surface area contributed by atoms with Crippen LogP contribution >= 0.6 is 0 Å². The van der Waals surface area contributed by atoms with Crippen LogP contribution in [0, 0.1) is 5.92 Å². The molecule has 1 saturated heterocycles. The van der Waals surface area contributed by atoms with Gasteiger partial charge in [0, 0.05) is 23.1 Å². The van der Waals surface area contributed by atoms with E-state index in [1.54, 1.807) is 0 Å².